The van der Waals surface area contributed by atoms with Crippen LogP contribution in [0.15, 0.2) is 24.5 Å². The van der Waals surface area contributed by atoms with Crippen molar-refractivity contribution in [3.05, 3.63) is 35.8 Å². The van der Waals surface area contributed by atoms with Gasteiger partial charge in [-0.25, -0.2) is 4.98 Å². The van der Waals surface area contributed by atoms with E-state index >= 15 is 0 Å². The molecule has 6 nitrogen and oxygen atoms in total. The number of carbonyl (C=O) groups excluding carboxylic acids is 1. The summed E-state index contributed by atoms with van der Waals surface area (Å²) >= 11 is 0. The highest BCUT2D eigenvalue weighted by Gasteiger charge is 2.46. The molecule has 0 radical (unpaired) electrons. The SMILES string of the molecule is Cc1ccc2ncc(CN3CCC4(CC3)CC(NC(=O)CC3CCOCC3)C4)n2c1. The van der Waals surface area contributed by atoms with Crippen LogP contribution in [0.1, 0.15) is 56.2 Å². The second-order valence-corrected chi connectivity index (χ2v) is 9.89. The number of aryl methyl sites for hydroxylation is 1. The summed E-state index contributed by atoms with van der Waals surface area (Å²) in [6.07, 6.45) is 11.8. The molecule has 5 rings (SSSR count). The Bertz CT molecular complexity index is 886. The van der Waals surface area contributed by atoms with E-state index in [9.17, 15) is 4.79 Å². The Kier molecular flexibility index (Phi) is 5.54. The number of amides is 1. The van der Waals surface area contributed by atoms with Crippen molar-refractivity contribution in [3.63, 3.8) is 0 Å². The summed E-state index contributed by atoms with van der Waals surface area (Å²) in [4.78, 5) is 19.5. The van der Waals surface area contributed by atoms with E-state index in [2.05, 4.69) is 44.9 Å². The molecule has 1 amide bonds. The summed E-state index contributed by atoms with van der Waals surface area (Å²) in [5, 5.41) is 3.30. The molecule has 0 bridgehead atoms. The summed E-state index contributed by atoms with van der Waals surface area (Å²) in [6, 6.07) is 4.60. The maximum Gasteiger partial charge on any atom is 0.220 e. The number of imidazole rings is 1. The lowest BCUT2D eigenvalue weighted by Crippen LogP contribution is -2.55. The fraction of sp³-hybridized carbons (Fsp3) is 0.667. The topological polar surface area (TPSA) is 58.9 Å². The van der Waals surface area contributed by atoms with Gasteiger partial charge < -0.3 is 14.5 Å². The minimum Gasteiger partial charge on any atom is -0.381 e. The summed E-state index contributed by atoms with van der Waals surface area (Å²) < 4.78 is 7.63. The van der Waals surface area contributed by atoms with Crippen LogP contribution in [0.25, 0.3) is 5.65 Å². The maximum atomic E-state index is 12.4. The molecule has 2 aromatic rings. The number of hydrogen-bond donors (Lipinski definition) is 1. The van der Waals surface area contributed by atoms with Crippen LogP contribution in [0, 0.1) is 18.3 Å². The molecule has 1 aliphatic carbocycles. The third kappa shape index (κ3) is 4.26. The van der Waals surface area contributed by atoms with Crippen molar-refractivity contribution in [2.45, 2.75) is 64.5 Å². The number of carbonyl (C=O) groups is 1. The highest BCUT2D eigenvalue weighted by molar-refractivity contribution is 5.76. The predicted octanol–water partition coefficient (Wildman–Crippen LogP) is 3.32. The first-order valence-electron chi connectivity index (χ1n) is 11.6. The number of fused-ring (bicyclic) bond motifs is 1. The Morgan fingerprint density at radius 1 is 1.23 bits per heavy atom. The van der Waals surface area contributed by atoms with Crippen LogP contribution in [-0.4, -0.2) is 52.5 Å². The largest absolute Gasteiger partial charge is 0.381 e. The van der Waals surface area contributed by atoms with Crippen LogP contribution in [0.3, 0.4) is 0 Å². The van der Waals surface area contributed by atoms with E-state index in [4.69, 9.17) is 4.74 Å². The zero-order valence-corrected chi connectivity index (χ0v) is 18.1. The predicted molar refractivity (Wildman–Crippen MR) is 116 cm³/mol. The van der Waals surface area contributed by atoms with E-state index in [1.807, 2.05) is 6.20 Å². The molecule has 0 unspecified atom stereocenters. The standard InChI is InChI=1S/C24H34N4O2/c1-18-2-3-22-25-15-21(28(22)16-18)17-27-8-6-24(7-9-27)13-20(14-24)26-23(29)12-19-4-10-30-11-5-19/h2-3,15-16,19-20H,4-14,17H2,1H3,(H,26,29). The van der Waals surface area contributed by atoms with Crippen LogP contribution < -0.4 is 5.32 Å². The molecule has 2 aromatic heterocycles. The van der Waals surface area contributed by atoms with Crippen molar-refractivity contribution >= 4 is 11.6 Å². The summed E-state index contributed by atoms with van der Waals surface area (Å²) in [5.41, 5.74) is 4.03. The van der Waals surface area contributed by atoms with Gasteiger partial charge in [0.1, 0.15) is 5.65 Å². The smallest absolute Gasteiger partial charge is 0.220 e. The molecule has 2 saturated heterocycles. The van der Waals surface area contributed by atoms with E-state index in [1.165, 1.54) is 24.1 Å². The minimum atomic E-state index is 0.252. The number of ether oxygens (including phenoxy) is 1. The average Bonchev–Trinajstić information content (AvgIpc) is 3.11. The Hall–Kier alpha value is -1.92. The summed E-state index contributed by atoms with van der Waals surface area (Å²) in [6.45, 7) is 7.00. The maximum absolute atomic E-state index is 12.4. The van der Waals surface area contributed by atoms with Crippen LogP contribution >= 0.6 is 0 Å². The van der Waals surface area contributed by atoms with E-state index in [1.54, 1.807) is 0 Å². The molecule has 3 fully saturated rings. The number of nitrogens with one attached hydrogen (secondary N) is 1. The van der Waals surface area contributed by atoms with Gasteiger partial charge in [0.05, 0.1) is 11.9 Å². The second kappa shape index (κ2) is 8.31. The van der Waals surface area contributed by atoms with Crippen molar-refractivity contribution in [3.8, 4) is 0 Å². The molecule has 30 heavy (non-hydrogen) atoms. The normalized spacial score (nSPS) is 23.0. The van der Waals surface area contributed by atoms with Gasteiger partial charge in [-0.15, -0.1) is 0 Å². The van der Waals surface area contributed by atoms with Gasteiger partial charge in [-0.05, 0) is 81.5 Å². The van der Waals surface area contributed by atoms with Gasteiger partial charge in [-0.3, -0.25) is 9.69 Å². The highest BCUT2D eigenvalue weighted by Crippen LogP contribution is 2.49. The number of aromatic nitrogens is 2. The number of pyridine rings is 1. The fourth-order valence-electron chi connectivity index (χ4n) is 5.66. The number of rotatable bonds is 5. The van der Waals surface area contributed by atoms with Crippen LogP contribution in [0.4, 0.5) is 0 Å². The molecule has 6 heteroatoms. The number of piperidine rings is 1. The lowest BCUT2D eigenvalue weighted by Gasteiger charge is -2.52. The molecule has 4 heterocycles. The van der Waals surface area contributed by atoms with Crippen LogP contribution in [0.5, 0.6) is 0 Å². The van der Waals surface area contributed by atoms with E-state index in [0.717, 1.165) is 64.2 Å². The number of nitrogens with zero attached hydrogens (tertiary/aromatic N) is 3. The Balaban J connectivity index is 1.07. The molecular formula is C24H34N4O2. The molecule has 0 atom stereocenters. The zero-order chi connectivity index (χ0) is 20.6. The molecule has 162 valence electrons. The average molecular weight is 411 g/mol. The number of hydrogen-bond acceptors (Lipinski definition) is 4. The van der Waals surface area contributed by atoms with Gasteiger partial charge in [-0.2, -0.15) is 0 Å². The molecular weight excluding hydrogens is 376 g/mol. The lowest BCUT2D eigenvalue weighted by atomic mass is 9.60. The Morgan fingerprint density at radius 2 is 2.00 bits per heavy atom. The number of likely N-dealkylation sites (tertiary alicyclic amines) is 1. The van der Waals surface area contributed by atoms with Crippen molar-refractivity contribution < 1.29 is 9.53 Å². The van der Waals surface area contributed by atoms with Crippen molar-refractivity contribution in [1.82, 2.24) is 19.6 Å². The van der Waals surface area contributed by atoms with Gasteiger partial charge in [-0.1, -0.05) is 6.07 Å². The zero-order valence-electron chi connectivity index (χ0n) is 18.1. The highest BCUT2D eigenvalue weighted by atomic mass is 16.5. The first kappa shape index (κ1) is 20.0. The minimum absolute atomic E-state index is 0.252. The Morgan fingerprint density at radius 3 is 2.77 bits per heavy atom. The van der Waals surface area contributed by atoms with Gasteiger partial charge in [0.15, 0.2) is 0 Å². The van der Waals surface area contributed by atoms with Crippen molar-refractivity contribution in [1.29, 1.82) is 0 Å². The van der Waals surface area contributed by atoms with Crippen molar-refractivity contribution in [2.75, 3.05) is 26.3 Å². The molecule has 1 spiro atoms. The summed E-state index contributed by atoms with van der Waals surface area (Å²) in [7, 11) is 0. The first-order chi connectivity index (χ1) is 14.6. The van der Waals surface area contributed by atoms with E-state index in [0.29, 0.717) is 23.8 Å². The fourth-order valence-corrected chi connectivity index (χ4v) is 5.66. The van der Waals surface area contributed by atoms with Crippen LogP contribution in [0.2, 0.25) is 0 Å². The van der Waals surface area contributed by atoms with Gasteiger partial charge in [0.2, 0.25) is 5.91 Å². The lowest BCUT2D eigenvalue weighted by molar-refractivity contribution is -0.125. The van der Waals surface area contributed by atoms with Gasteiger partial charge in [0, 0.05) is 38.4 Å². The first-order valence-corrected chi connectivity index (χ1v) is 11.6. The van der Waals surface area contributed by atoms with E-state index in [-0.39, 0.29) is 5.91 Å². The van der Waals surface area contributed by atoms with Crippen LogP contribution in [-0.2, 0) is 16.1 Å². The van der Waals surface area contributed by atoms with E-state index < -0.39 is 0 Å². The molecule has 1 N–H and O–H groups in total. The monoisotopic (exact) mass is 410 g/mol. The third-order valence-corrected chi connectivity index (χ3v) is 7.57. The van der Waals surface area contributed by atoms with Gasteiger partial charge >= 0.3 is 0 Å². The molecule has 0 aromatic carbocycles. The Labute approximate surface area is 179 Å². The van der Waals surface area contributed by atoms with Gasteiger partial charge in [0.25, 0.3) is 0 Å². The second-order valence-electron chi connectivity index (χ2n) is 9.89. The summed E-state index contributed by atoms with van der Waals surface area (Å²) in [5.74, 6) is 0.765. The van der Waals surface area contributed by atoms with Crippen molar-refractivity contribution in [2.24, 2.45) is 11.3 Å². The quantitative estimate of drug-likeness (QED) is 0.822. The molecule has 2 aliphatic heterocycles. The molecule has 3 aliphatic rings. The third-order valence-electron chi connectivity index (χ3n) is 7.57. The molecule has 1 saturated carbocycles.